The molecule has 1 aromatic carbocycles. The van der Waals surface area contributed by atoms with E-state index < -0.39 is 0 Å². The Balaban J connectivity index is 2.37. The fraction of sp³-hybridized carbons (Fsp3) is 0.462. The van der Waals surface area contributed by atoms with E-state index in [2.05, 4.69) is 21.2 Å². The van der Waals surface area contributed by atoms with Gasteiger partial charge in [0.1, 0.15) is 0 Å². The highest BCUT2D eigenvalue weighted by atomic mass is 79.9. The predicted molar refractivity (Wildman–Crippen MR) is 73.2 cm³/mol. The molecule has 0 aliphatic carbocycles. The molecule has 1 amide bonds. The van der Waals surface area contributed by atoms with Crippen molar-refractivity contribution in [1.29, 1.82) is 0 Å². The fourth-order valence-electron chi connectivity index (χ4n) is 1.36. The zero-order valence-electron chi connectivity index (χ0n) is 10.3. The van der Waals surface area contributed by atoms with E-state index in [1.54, 1.807) is 0 Å². The molecule has 94 valence electrons. The summed E-state index contributed by atoms with van der Waals surface area (Å²) >= 11 is 3.42. The molecule has 1 rings (SSSR count). The number of amides is 1. The van der Waals surface area contributed by atoms with Gasteiger partial charge in [-0.15, -0.1) is 0 Å². The number of rotatable bonds is 6. The highest BCUT2D eigenvalue weighted by Gasteiger charge is 2.03. The molecule has 0 bridgehead atoms. The van der Waals surface area contributed by atoms with Gasteiger partial charge < -0.3 is 10.1 Å². The summed E-state index contributed by atoms with van der Waals surface area (Å²) in [6, 6.07) is 5.75. The summed E-state index contributed by atoms with van der Waals surface area (Å²) in [5.74, 6) is -0.0113. The number of nitrogens with one attached hydrogen (secondary N) is 1. The molecule has 4 heteroatoms. The number of ether oxygens (including phenoxy) is 1. The van der Waals surface area contributed by atoms with Crippen molar-refractivity contribution in [2.75, 3.05) is 18.5 Å². The van der Waals surface area contributed by atoms with Gasteiger partial charge in [-0.2, -0.15) is 0 Å². The topological polar surface area (TPSA) is 38.3 Å². The Morgan fingerprint density at radius 2 is 2.18 bits per heavy atom. The molecule has 0 saturated heterocycles. The van der Waals surface area contributed by atoms with Crippen LogP contribution in [-0.2, 0) is 9.53 Å². The normalized spacial score (nSPS) is 10.3. The number of carbonyl (C=O) groups excluding carboxylic acids is 1. The Bertz CT molecular complexity index is 380. The maximum Gasteiger partial charge on any atom is 0.226 e. The highest BCUT2D eigenvalue weighted by molar-refractivity contribution is 9.10. The minimum atomic E-state index is -0.0113. The van der Waals surface area contributed by atoms with E-state index in [9.17, 15) is 4.79 Å². The average Bonchev–Trinajstić information content (AvgIpc) is 2.30. The monoisotopic (exact) mass is 299 g/mol. The van der Waals surface area contributed by atoms with Crippen LogP contribution in [0.2, 0.25) is 0 Å². The standard InChI is InChI=1S/C13H18BrNO2/c1-3-7-17-8-6-13(16)15-11-4-5-12(14)10(2)9-11/h4-5,9H,3,6-8H2,1-2H3,(H,15,16). The summed E-state index contributed by atoms with van der Waals surface area (Å²) < 4.78 is 6.31. The second-order valence-electron chi connectivity index (χ2n) is 3.87. The summed E-state index contributed by atoms with van der Waals surface area (Å²) in [6.07, 6.45) is 1.38. The van der Waals surface area contributed by atoms with Crippen molar-refractivity contribution in [3.05, 3.63) is 28.2 Å². The van der Waals surface area contributed by atoms with Crippen LogP contribution in [0.5, 0.6) is 0 Å². The zero-order chi connectivity index (χ0) is 12.7. The fourth-order valence-corrected chi connectivity index (χ4v) is 1.60. The van der Waals surface area contributed by atoms with Crippen molar-refractivity contribution in [2.45, 2.75) is 26.7 Å². The van der Waals surface area contributed by atoms with Gasteiger partial charge in [0.2, 0.25) is 5.91 Å². The number of hydrogen-bond donors (Lipinski definition) is 1. The third-order valence-corrected chi connectivity index (χ3v) is 3.15. The van der Waals surface area contributed by atoms with Gasteiger partial charge in [0, 0.05) is 16.8 Å². The van der Waals surface area contributed by atoms with Crippen LogP contribution in [0.15, 0.2) is 22.7 Å². The molecule has 0 spiro atoms. The molecular formula is C13H18BrNO2. The van der Waals surface area contributed by atoms with E-state index in [4.69, 9.17) is 4.74 Å². The van der Waals surface area contributed by atoms with Crippen LogP contribution < -0.4 is 5.32 Å². The molecule has 0 heterocycles. The molecule has 0 aliphatic heterocycles. The lowest BCUT2D eigenvalue weighted by molar-refractivity contribution is -0.117. The van der Waals surface area contributed by atoms with E-state index in [-0.39, 0.29) is 5.91 Å². The van der Waals surface area contributed by atoms with Crippen LogP contribution >= 0.6 is 15.9 Å². The Hall–Kier alpha value is -0.870. The van der Waals surface area contributed by atoms with Gasteiger partial charge in [0.15, 0.2) is 0 Å². The first-order valence-electron chi connectivity index (χ1n) is 5.77. The van der Waals surface area contributed by atoms with Gasteiger partial charge in [-0.05, 0) is 37.1 Å². The molecule has 0 aliphatic rings. The zero-order valence-corrected chi connectivity index (χ0v) is 11.8. The second-order valence-corrected chi connectivity index (χ2v) is 4.73. The lowest BCUT2D eigenvalue weighted by atomic mass is 10.2. The van der Waals surface area contributed by atoms with Crippen molar-refractivity contribution in [1.82, 2.24) is 0 Å². The summed E-state index contributed by atoms with van der Waals surface area (Å²) in [7, 11) is 0. The molecular weight excluding hydrogens is 282 g/mol. The van der Waals surface area contributed by atoms with E-state index in [1.165, 1.54) is 0 Å². The molecule has 0 aromatic heterocycles. The molecule has 0 saturated carbocycles. The lowest BCUT2D eigenvalue weighted by Gasteiger charge is -2.07. The molecule has 1 N–H and O–H groups in total. The summed E-state index contributed by atoms with van der Waals surface area (Å²) in [5, 5.41) is 2.85. The SMILES string of the molecule is CCCOCCC(=O)Nc1ccc(Br)c(C)c1. The third kappa shape index (κ3) is 5.33. The van der Waals surface area contributed by atoms with Crippen molar-refractivity contribution in [3.63, 3.8) is 0 Å². The van der Waals surface area contributed by atoms with Crippen LogP contribution in [0.25, 0.3) is 0 Å². The Labute approximate surface area is 111 Å². The maximum atomic E-state index is 11.6. The van der Waals surface area contributed by atoms with Crippen LogP contribution in [0.3, 0.4) is 0 Å². The van der Waals surface area contributed by atoms with E-state index in [0.717, 1.165) is 22.1 Å². The van der Waals surface area contributed by atoms with Crippen molar-refractivity contribution in [3.8, 4) is 0 Å². The van der Waals surface area contributed by atoms with Gasteiger partial charge in [-0.25, -0.2) is 0 Å². The van der Waals surface area contributed by atoms with Crippen molar-refractivity contribution >= 4 is 27.5 Å². The van der Waals surface area contributed by atoms with Crippen LogP contribution in [0, 0.1) is 6.92 Å². The Morgan fingerprint density at radius 1 is 1.41 bits per heavy atom. The number of carbonyl (C=O) groups is 1. The maximum absolute atomic E-state index is 11.6. The third-order valence-electron chi connectivity index (χ3n) is 2.26. The summed E-state index contributed by atoms with van der Waals surface area (Å²) in [6.45, 7) is 5.23. The van der Waals surface area contributed by atoms with Gasteiger partial charge >= 0.3 is 0 Å². The van der Waals surface area contributed by atoms with E-state index >= 15 is 0 Å². The van der Waals surface area contributed by atoms with Crippen molar-refractivity contribution in [2.24, 2.45) is 0 Å². The summed E-state index contributed by atoms with van der Waals surface area (Å²) in [4.78, 5) is 11.6. The molecule has 0 fully saturated rings. The number of aryl methyl sites for hydroxylation is 1. The number of anilines is 1. The average molecular weight is 300 g/mol. The van der Waals surface area contributed by atoms with Gasteiger partial charge in [0.25, 0.3) is 0 Å². The molecule has 1 aromatic rings. The van der Waals surface area contributed by atoms with Crippen molar-refractivity contribution < 1.29 is 9.53 Å². The van der Waals surface area contributed by atoms with E-state index in [1.807, 2.05) is 32.0 Å². The molecule has 0 unspecified atom stereocenters. The predicted octanol–water partition coefficient (Wildman–Crippen LogP) is 3.51. The first-order chi connectivity index (χ1) is 8.13. The lowest BCUT2D eigenvalue weighted by Crippen LogP contribution is -2.14. The molecule has 0 atom stereocenters. The number of hydrogen-bond acceptors (Lipinski definition) is 2. The minimum Gasteiger partial charge on any atom is -0.381 e. The molecule has 17 heavy (non-hydrogen) atoms. The van der Waals surface area contributed by atoms with Gasteiger partial charge in [0.05, 0.1) is 13.0 Å². The first kappa shape index (κ1) is 14.2. The summed E-state index contributed by atoms with van der Waals surface area (Å²) in [5.41, 5.74) is 1.93. The second kappa shape index (κ2) is 7.45. The quantitative estimate of drug-likeness (QED) is 0.816. The first-order valence-corrected chi connectivity index (χ1v) is 6.56. The minimum absolute atomic E-state index is 0.0113. The molecule has 0 radical (unpaired) electrons. The van der Waals surface area contributed by atoms with Gasteiger partial charge in [-0.3, -0.25) is 4.79 Å². The van der Waals surface area contributed by atoms with Crippen LogP contribution in [0.4, 0.5) is 5.69 Å². The number of halogens is 1. The Kier molecular flexibility index (Phi) is 6.22. The Morgan fingerprint density at radius 3 is 2.82 bits per heavy atom. The van der Waals surface area contributed by atoms with E-state index in [0.29, 0.717) is 19.6 Å². The highest BCUT2D eigenvalue weighted by Crippen LogP contribution is 2.19. The van der Waals surface area contributed by atoms with Gasteiger partial charge in [-0.1, -0.05) is 22.9 Å². The molecule has 3 nitrogen and oxygen atoms in total. The number of benzene rings is 1. The van der Waals surface area contributed by atoms with Crippen LogP contribution in [-0.4, -0.2) is 19.1 Å². The largest absolute Gasteiger partial charge is 0.381 e. The van der Waals surface area contributed by atoms with Crippen LogP contribution in [0.1, 0.15) is 25.3 Å². The smallest absolute Gasteiger partial charge is 0.226 e.